The Morgan fingerprint density at radius 1 is 1.24 bits per heavy atom. The predicted molar refractivity (Wildman–Crippen MR) is 104 cm³/mol. The summed E-state index contributed by atoms with van der Waals surface area (Å²) in [7, 11) is 0. The lowest BCUT2D eigenvalue weighted by molar-refractivity contribution is -0.156. The summed E-state index contributed by atoms with van der Waals surface area (Å²) in [6.07, 6.45) is 0.501. The van der Waals surface area contributed by atoms with Crippen LogP contribution in [-0.2, 0) is 19.1 Å². The van der Waals surface area contributed by atoms with E-state index < -0.39 is 23.8 Å². The quantitative estimate of drug-likeness (QED) is 0.750. The Hall–Kier alpha value is -3.43. The van der Waals surface area contributed by atoms with Crippen LogP contribution in [0.1, 0.15) is 42.9 Å². The van der Waals surface area contributed by atoms with E-state index in [-0.39, 0.29) is 12.5 Å². The maximum Gasteiger partial charge on any atom is 0.303 e. The van der Waals surface area contributed by atoms with E-state index in [1.165, 1.54) is 6.92 Å². The Labute approximate surface area is 169 Å². The van der Waals surface area contributed by atoms with Gasteiger partial charge < -0.3 is 9.47 Å². The average molecular weight is 388 g/mol. The molecule has 29 heavy (non-hydrogen) atoms. The first-order valence-corrected chi connectivity index (χ1v) is 9.33. The molecular weight excluding hydrogens is 368 g/mol. The second-order valence-corrected chi connectivity index (χ2v) is 7.29. The Balaban J connectivity index is 1.82. The fourth-order valence-corrected chi connectivity index (χ4v) is 4.11. The number of esters is 1. The molecule has 1 amide bonds. The molecule has 6 nitrogen and oxygen atoms in total. The second-order valence-electron chi connectivity index (χ2n) is 7.29. The SMILES string of the molecule is CC(=O)O[C@@H](c1ccc(C#N)cc1)[C@]12C=C(C)C(=O)N1[C@@H](c1ccccc1)OC2. The monoisotopic (exact) mass is 388 g/mol. The van der Waals surface area contributed by atoms with Gasteiger partial charge in [0.1, 0.15) is 5.54 Å². The number of rotatable bonds is 4. The van der Waals surface area contributed by atoms with Crippen molar-refractivity contribution in [1.29, 1.82) is 5.26 Å². The molecular formula is C23H20N2O4. The van der Waals surface area contributed by atoms with Crippen molar-refractivity contribution in [3.63, 3.8) is 0 Å². The van der Waals surface area contributed by atoms with Gasteiger partial charge in [0.05, 0.1) is 18.2 Å². The lowest BCUT2D eigenvalue weighted by atomic mass is 9.87. The molecule has 0 N–H and O–H groups in total. The molecule has 1 saturated heterocycles. The molecule has 0 unspecified atom stereocenters. The fourth-order valence-electron chi connectivity index (χ4n) is 4.11. The lowest BCUT2D eigenvalue weighted by Gasteiger charge is -2.38. The van der Waals surface area contributed by atoms with Gasteiger partial charge in [-0.05, 0) is 30.7 Å². The van der Waals surface area contributed by atoms with Crippen molar-refractivity contribution >= 4 is 11.9 Å². The number of benzene rings is 2. The fraction of sp³-hybridized carbons (Fsp3) is 0.261. The van der Waals surface area contributed by atoms with E-state index in [4.69, 9.17) is 14.7 Å². The van der Waals surface area contributed by atoms with E-state index in [1.54, 1.807) is 36.1 Å². The number of ether oxygens (including phenoxy) is 2. The number of nitrogens with zero attached hydrogens (tertiary/aromatic N) is 2. The zero-order valence-electron chi connectivity index (χ0n) is 16.2. The van der Waals surface area contributed by atoms with E-state index in [9.17, 15) is 9.59 Å². The topological polar surface area (TPSA) is 79.6 Å². The van der Waals surface area contributed by atoms with Gasteiger partial charge in [-0.1, -0.05) is 42.5 Å². The van der Waals surface area contributed by atoms with Crippen molar-refractivity contribution in [3.05, 3.63) is 82.9 Å². The summed E-state index contributed by atoms with van der Waals surface area (Å²) in [6.45, 7) is 3.29. The van der Waals surface area contributed by atoms with Crippen molar-refractivity contribution in [2.75, 3.05) is 6.61 Å². The number of amides is 1. The first kappa shape index (κ1) is 18.9. The molecule has 146 valence electrons. The van der Waals surface area contributed by atoms with E-state index in [0.717, 1.165) is 5.56 Å². The van der Waals surface area contributed by atoms with Crippen LogP contribution in [0.2, 0.25) is 0 Å². The van der Waals surface area contributed by atoms with Crippen molar-refractivity contribution in [3.8, 4) is 6.07 Å². The van der Waals surface area contributed by atoms with Gasteiger partial charge in [-0.25, -0.2) is 0 Å². The van der Waals surface area contributed by atoms with Gasteiger partial charge in [-0.2, -0.15) is 5.26 Å². The Morgan fingerprint density at radius 3 is 2.55 bits per heavy atom. The van der Waals surface area contributed by atoms with Crippen LogP contribution in [0.3, 0.4) is 0 Å². The number of carbonyl (C=O) groups is 2. The molecule has 2 aliphatic rings. The third-order valence-electron chi connectivity index (χ3n) is 5.34. The van der Waals surface area contributed by atoms with Crippen molar-refractivity contribution < 1.29 is 19.1 Å². The van der Waals surface area contributed by atoms with Crippen molar-refractivity contribution in [2.24, 2.45) is 0 Å². The molecule has 2 aromatic rings. The summed E-state index contributed by atoms with van der Waals surface area (Å²) < 4.78 is 11.8. The predicted octanol–water partition coefficient (Wildman–Crippen LogP) is 3.42. The lowest BCUT2D eigenvalue weighted by Crippen LogP contribution is -2.49. The molecule has 0 aromatic heterocycles. The van der Waals surface area contributed by atoms with Crippen LogP contribution in [0.15, 0.2) is 66.2 Å². The van der Waals surface area contributed by atoms with Crippen molar-refractivity contribution in [2.45, 2.75) is 31.7 Å². The summed E-state index contributed by atoms with van der Waals surface area (Å²) in [5.41, 5.74) is 1.68. The second kappa shape index (κ2) is 7.19. The van der Waals surface area contributed by atoms with Crippen molar-refractivity contribution in [1.82, 2.24) is 4.90 Å². The van der Waals surface area contributed by atoms with Crippen LogP contribution in [0.5, 0.6) is 0 Å². The summed E-state index contributed by atoms with van der Waals surface area (Å²) >= 11 is 0. The number of carbonyl (C=O) groups excluding carboxylic acids is 2. The highest BCUT2D eigenvalue weighted by Crippen LogP contribution is 2.50. The molecule has 0 bridgehead atoms. The highest BCUT2D eigenvalue weighted by molar-refractivity contribution is 5.97. The molecule has 2 aromatic carbocycles. The molecule has 0 saturated carbocycles. The zero-order valence-corrected chi connectivity index (χ0v) is 16.2. The van der Waals surface area contributed by atoms with E-state index in [0.29, 0.717) is 16.7 Å². The normalized spacial score (nSPS) is 23.9. The van der Waals surface area contributed by atoms with Gasteiger partial charge >= 0.3 is 5.97 Å². The Bertz CT molecular complexity index is 1020. The summed E-state index contributed by atoms with van der Waals surface area (Å²) in [4.78, 5) is 26.7. The minimum Gasteiger partial charge on any atom is -0.455 e. The number of fused-ring (bicyclic) bond motifs is 1. The van der Waals surface area contributed by atoms with E-state index in [2.05, 4.69) is 6.07 Å². The average Bonchev–Trinajstić information content (AvgIpc) is 3.22. The molecule has 0 radical (unpaired) electrons. The van der Waals surface area contributed by atoms with Gasteiger partial charge in [-0.15, -0.1) is 0 Å². The number of hydrogen-bond donors (Lipinski definition) is 0. The van der Waals surface area contributed by atoms with Crippen LogP contribution >= 0.6 is 0 Å². The molecule has 6 heteroatoms. The standard InChI is InChI=1S/C23H20N2O4/c1-15-12-23(20(29-16(2)26)18-10-8-17(13-24)9-11-18)14-28-22(25(23)21(15)27)19-6-4-3-5-7-19/h3-12,20,22H,14H2,1-2H3/t20-,22+,23+/m0/s1. The minimum absolute atomic E-state index is 0.151. The molecule has 1 fully saturated rings. The van der Waals surface area contributed by atoms with Gasteiger partial charge in [-0.3, -0.25) is 14.5 Å². The van der Waals surface area contributed by atoms with Gasteiger partial charge in [0, 0.05) is 18.1 Å². The Kier molecular flexibility index (Phi) is 4.69. The third kappa shape index (κ3) is 3.10. The van der Waals surface area contributed by atoms with Gasteiger partial charge in [0.2, 0.25) is 0 Å². The number of hydrogen-bond acceptors (Lipinski definition) is 5. The third-order valence-corrected chi connectivity index (χ3v) is 5.34. The van der Waals surface area contributed by atoms with Gasteiger partial charge in [0.15, 0.2) is 12.3 Å². The Morgan fingerprint density at radius 2 is 1.93 bits per heavy atom. The van der Waals surface area contributed by atoms with Crippen LogP contribution in [-0.4, -0.2) is 28.9 Å². The molecule has 2 aliphatic heterocycles. The zero-order chi connectivity index (χ0) is 20.6. The smallest absolute Gasteiger partial charge is 0.303 e. The van der Waals surface area contributed by atoms with E-state index in [1.807, 2.05) is 36.4 Å². The summed E-state index contributed by atoms with van der Waals surface area (Å²) in [5, 5.41) is 9.09. The van der Waals surface area contributed by atoms with Crippen LogP contribution in [0, 0.1) is 11.3 Å². The maximum atomic E-state index is 13.1. The maximum absolute atomic E-state index is 13.1. The summed E-state index contributed by atoms with van der Waals surface area (Å²) in [6, 6.07) is 18.4. The van der Waals surface area contributed by atoms with Gasteiger partial charge in [0.25, 0.3) is 5.91 Å². The molecule has 0 spiro atoms. The van der Waals surface area contributed by atoms with Crippen LogP contribution in [0.4, 0.5) is 0 Å². The highest BCUT2D eigenvalue weighted by Gasteiger charge is 2.59. The first-order chi connectivity index (χ1) is 14.0. The number of nitriles is 1. The molecule has 0 aliphatic carbocycles. The minimum atomic E-state index is -0.957. The van der Waals surface area contributed by atoms with E-state index >= 15 is 0 Å². The van der Waals surface area contributed by atoms with Crippen LogP contribution < -0.4 is 0 Å². The molecule has 2 heterocycles. The highest BCUT2D eigenvalue weighted by atomic mass is 16.6. The van der Waals surface area contributed by atoms with Crippen LogP contribution in [0.25, 0.3) is 0 Å². The summed E-state index contributed by atoms with van der Waals surface area (Å²) in [5.74, 6) is -0.607. The largest absolute Gasteiger partial charge is 0.455 e. The molecule has 3 atom stereocenters. The first-order valence-electron chi connectivity index (χ1n) is 9.33. The molecule has 4 rings (SSSR count).